The quantitative estimate of drug-likeness (QED) is 0.714. The van der Waals surface area contributed by atoms with Crippen molar-refractivity contribution >= 4 is 23.2 Å². The van der Waals surface area contributed by atoms with Gasteiger partial charge in [0.15, 0.2) is 0 Å². The molecule has 0 N–H and O–H groups in total. The van der Waals surface area contributed by atoms with Gasteiger partial charge in [-0.15, -0.1) is 11.3 Å². The Morgan fingerprint density at radius 3 is 2.58 bits per heavy atom. The van der Waals surface area contributed by atoms with Crippen molar-refractivity contribution in [2.45, 2.75) is 77.4 Å². The molecule has 2 saturated heterocycles. The third-order valence-electron chi connectivity index (χ3n) is 7.77. The molecule has 3 aliphatic rings. The van der Waals surface area contributed by atoms with E-state index < -0.39 is 0 Å². The van der Waals surface area contributed by atoms with Crippen LogP contribution < -0.4 is 0 Å². The Labute approximate surface area is 188 Å². The lowest BCUT2D eigenvalue weighted by Gasteiger charge is -2.46. The summed E-state index contributed by atoms with van der Waals surface area (Å²) >= 11 is 1.54. The van der Waals surface area contributed by atoms with Gasteiger partial charge in [-0.1, -0.05) is 50.1 Å². The van der Waals surface area contributed by atoms with Crippen LogP contribution in [0.3, 0.4) is 0 Å². The fraction of sp³-hybridized carbons (Fsp3) is 0.560. The second-order valence-electron chi connectivity index (χ2n) is 9.75. The minimum Gasteiger partial charge on any atom is -0.335 e. The van der Waals surface area contributed by atoms with Gasteiger partial charge in [0, 0.05) is 37.4 Å². The summed E-state index contributed by atoms with van der Waals surface area (Å²) < 4.78 is 0. The molecule has 1 aromatic carbocycles. The molecule has 2 aromatic rings. The van der Waals surface area contributed by atoms with Crippen molar-refractivity contribution in [3.63, 3.8) is 0 Å². The van der Waals surface area contributed by atoms with Gasteiger partial charge in [-0.2, -0.15) is 0 Å². The van der Waals surface area contributed by atoms with Crippen LogP contribution in [0.2, 0.25) is 0 Å². The fourth-order valence-electron chi connectivity index (χ4n) is 6.49. The molecule has 31 heavy (non-hydrogen) atoms. The highest BCUT2D eigenvalue weighted by Gasteiger charge is 2.60. The van der Waals surface area contributed by atoms with E-state index >= 15 is 0 Å². The molecule has 5 nitrogen and oxygen atoms in total. The minimum absolute atomic E-state index is 0.00773. The molecule has 3 heterocycles. The van der Waals surface area contributed by atoms with E-state index in [1.807, 2.05) is 25.1 Å². The van der Waals surface area contributed by atoms with Crippen LogP contribution in [-0.2, 0) is 11.2 Å². The Hall–Kier alpha value is -2.21. The number of thiazole rings is 1. The van der Waals surface area contributed by atoms with Crippen molar-refractivity contribution in [3.05, 3.63) is 51.5 Å². The average molecular weight is 438 g/mol. The van der Waals surface area contributed by atoms with Gasteiger partial charge < -0.3 is 9.80 Å². The first-order valence-corrected chi connectivity index (χ1v) is 12.3. The van der Waals surface area contributed by atoms with Crippen LogP contribution in [0.15, 0.2) is 30.3 Å². The summed E-state index contributed by atoms with van der Waals surface area (Å²) in [5.74, 6) is 0.272. The number of nitrogens with zero attached hydrogens (tertiary/aromatic N) is 3. The van der Waals surface area contributed by atoms with Crippen molar-refractivity contribution in [1.82, 2.24) is 14.8 Å². The molecule has 2 bridgehead atoms. The summed E-state index contributed by atoms with van der Waals surface area (Å²) in [5, 5.41) is 0.988. The van der Waals surface area contributed by atoms with Crippen LogP contribution in [-0.4, -0.2) is 51.3 Å². The van der Waals surface area contributed by atoms with Crippen molar-refractivity contribution in [2.24, 2.45) is 5.41 Å². The number of rotatable bonds is 3. The van der Waals surface area contributed by atoms with E-state index in [1.165, 1.54) is 16.9 Å². The molecule has 0 unspecified atom stereocenters. The molecule has 4 atom stereocenters. The van der Waals surface area contributed by atoms with E-state index in [-0.39, 0.29) is 35.4 Å². The van der Waals surface area contributed by atoms with Gasteiger partial charge in [0.1, 0.15) is 4.88 Å². The SMILES string of the molecule is CC(=O)N1[C@@H]2CN(C(=O)c3sc(Cc4ccccc4)nc3C)[C@@H]3CCCC[C@H]1[C@]3(C)C2. The highest BCUT2D eigenvalue weighted by Crippen LogP contribution is 2.53. The Bertz CT molecular complexity index is 1000. The summed E-state index contributed by atoms with van der Waals surface area (Å²) in [6, 6.07) is 10.9. The number of carbonyl (C=O) groups is 2. The molecule has 5 rings (SSSR count). The van der Waals surface area contributed by atoms with Gasteiger partial charge in [-0.05, 0) is 31.7 Å². The van der Waals surface area contributed by atoms with E-state index in [2.05, 4.69) is 28.9 Å². The lowest BCUT2D eigenvalue weighted by atomic mass is 9.71. The molecular weight excluding hydrogens is 406 g/mol. The average Bonchev–Trinajstić information content (AvgIpc) is 3.15. The minimum atomic E-state index is -0.00773. The van der Waals surface area contributed by atoms with E-state index in [4.69, 9.17) is 4.98 Å². The van der Waals surface area contributed by atoms with Crippen molar-refractivity contribution < 1.29 is 9.59 Å². The van der Waals surface area contributed by atoms with E-state index in [1.54, 1.807) is 6.92 Å². The number of aromatic nitrogens is 1. The first kappa shape index (κ1) is 20.7. The number of hydrogen-bond acceptors (Lipinski definition) is 4. The van der Waals surface area contributed by atoms with Crippen LogP contribution in [0, 0.1) is 12.3 Å². The molecule has 3 fully saturated rings. The van der Waals surface area contributed by atoms with Crippen LogP contribution in [0.1, 0.15) is 71.9 Å². The predicted molar refractivity (Wildman–Crippen MR) is 122 cm³/mol. The van der Waals surface area contributed by atoms with E-state index in [0.29, 0.717) is 6.54 Å². The van der Waals surface area contributed by atoms with Gasteiger partial charge in [-0.3, -0.25) is 9.59 Å². The van der Waals surface area contributed by atoms with Crippen LogP contribution in [0.5, 0.6) is 0 Å². The largest absolute Gasteiger partial charge is 0.335 e. The number of carbonyl (C=O) groups excluding carboxylic acids is 2. The smallest absolute Gasteiger partial charge is 0.266 e. The zero-order valence-corrected chi connectivity index (χ0v) is 19.5. The van der Waals surface area contributed by atoms with Gasteiger partial charge in [0.05, 0.1) is 16.7 Å². The molecule has 164 valence electrons. The summed E-state index contributed by atoms with van der Waals surface area (Å²) in [6.45, 7) is 6.62. The molecule has 2 aliphatic heterocycles. The number of piperidine rings is 1. The van der Waals surface area contributed by atoms with E-state index in [9.17, 15) is 9.59 Å². The lowest BCUT2D eigenvalue weighted by Crippen LogP contribution is -2.55. The summed E-state index contributed by atoms with van der Waals surface area (Å²) in [4.78, 5) is 36.1. The fourth-order valence-corrected chi connectivity index (χ4v) is 7.55. The molecular formula is C25H31N3O2S. The van der Waals surface area contributed by atoms with Crippen molar-refractivity contribution in [1.29, 1.82) is 0 Å². The predicted octanol–water partition coefficient (Wildman–Crippen LogP) is 4.44. The summed E-state index contributed by atoms with van der Waals surface area (Å²) in [5.41, 5.74) is 2.03. The number of benzene rings is 1. The summed E-state index contributed by atoms with van der Waals surface area (Å²) in [7, 11) is 0. The van der Waals surface area contributed by atoms with Gasteiger partial charge in [-0.25, -0.2) is 4.98 Å². The highest BCUT2D eigenvalue weighted by atomic mass is 32.1. The number of amides is 2. The second-order valence-corrected chi connectivity index (χ2v) is 10.8. The Morgan fingerprint density at radius 2 is 1.87 bits per heavy atom. The zero-order chi connectivity index (χ0) is 21.8. The first-order valence-electron chi connectivity index (χ1n) is 11.5. The van der Waals surface area contributed by atoms with Crippen molar-refractivity contribution in [2.75, 3.05) is 6.54 Å². The Kier molecular flexibility index (Phi) is 5.16. The zero-order valence-electron chi connectivity index (χ0n) is 18.6. The molecule has 6 heteroatoms. The number of hydrogen-bond donors (Lipinski definition) is 0. The number of likely N-dealkylation sites (tertiary alicyclic amines) is 2. The normalized spacial score (nSPS) is 29.7. The molecule has 1 aromatic heterocycles. The second kappa shape index (κ2) is 7.73. The monoisotopic (exact) mass is 437 g/mol. The maximum atomic E-state index is 13.8. The third kappa shape index (κ3) is 3.39. The number of fused-ring (bicyclic) bond motifs is 1. The Morgan fingerprint density at radius 1 is 1.16 bits per heavy atom. The van der Waals surface area contributed by atoms with Crippen LogP contribution in [0.4, 0.5) is 0 Å². The maximum Gasteiger partial charge on any atom is 0.266 e. The first-order chi connectivity index (χ1) is 14.9. The molecule has 0 radical (unpaired) electrons. The Balaban J connectivity index is 1.45. The number of aryl methyl sites for hydroxylation is 1. The molecule has 2 amide bonds. The van der Waals surface area contributed by atoms with Crippen LogP contribution in [0.25, 0.3) is 0 Å². The molecule has 0 spiro atoms. The van der Waals surface area contributed by atoms with Gasteiger partial charge in [0.2, 0.25) is 5.91 Å². The topological polar surface area (TPSA) is 53.5 Å². The lowest BCUT2D eigenvalue weighted by molar-refractivity contribution is -0.132. The highest BCUT2D eigenvalue weighted by molar-refractivity contribution is 7.13. The standard InChI is InChI=1S/C25H31N3O2S/c1-16-23(31-22(26-16)13-18-9-5-4-6-10-18)24(30)27-15-19-14-25(3)20(27)11-7-8-12-21(25)28(19)17(2)29/h4-6,9-10,19-21H,7-8,11-15H2,1-3H3/t19-,20+,21-,25+/m0/s1. The molecule has 1 saturated carbocycles. The van der Waals surface area contributed by atoms with Crippen molar-refractivity contribution in [3.8, 4) is 0 Å². The van der Waals surface area contributed by atoms with Gasteiger partial charge in [0.25, 0.3) is 5.91 Å². The van der Waals surface area contributed by atoms with E-state index in [0.717, 1.165) is 54.1 Å². The maximum absolute atomic E-state index is 13.8. The van der Waals surface area contributed by atoms with Crippen LogP contribution >= 0.6 is 11.3 Å². The van der Waals surface area contributed by atoms with Gasteiger partial charge >= 0.3 is 0 Å². The third-order valence-corrected chi connectivity index (χ3v) is 8.92. The summed E-state index contributed by atoms with van der Waals surface area (Å²) in [6.07, 6.45) is 6.13. The molecule has 1 aliphatic carbocycles.